The van der Waals surface area contributed by atoms with Crippen LogP contribution in [0.25, 0.3) is 0 Å². The van der Waals surface area contributed by atoms with Crippen molar-refractivity contribution in [2.24, 2.45) is 0 Å². The minimum absolute atomic E-state index is 0.0106. The summed E-state index contributed by atoms with van der Waals surface area (Å²) in [5.41, 5.74) is -0.469. The molecule has 30 heteroatoms. The molecule has 0 spiro atoms. The summed E-state index contributed by atoms with van der Waals surface area (Å²) in [7, 11) is 0. The lowest BCUT2D eigenvalue weighted by Gasteiger charge is -2.14. The second-order valence-electron chi connectivity index (χ2n) is 19.7. The van der Waals surface area contributed by atoms with E-state index in [4.69, 9.17) is 48.1 Å². The van der Waals surface area contributed by atoms with Crippen LogP contribution < -0.4 is 37.9 Å². The lowest BCUT2D eigenvalue weighted by Crippen LogP contribution is -2.12. The third kappa shape index (κ3) is 26.0. The standard InChI is InChI=1S/2C12H13NO6.C12H14O4.C10H11NO5.C10H12O3.C7H6O3/c2*1-7(2)18-12-10(13(16)17)5-4-9(6-14)11(12)19-8(3)15;1-8(2)15-11-6-4-5-10(7-13)12(11)16-9(3)14;1-6(2)16-10-8(11(14)15)4-3-7(5-12)9(10)13;1-7(2)13-9-5-3-4-8(6-11)10(9)12;8-4-5-2-1-3-6(9)7(5)10/h2*4-7H,1-3H3;4-8H,1-3H3;3-6,13H,1-2H3;3-7,12H,1-2H3;1-4,9-10H. The van der Waals surface area contributed by atoms with Crippen molar-refractivity contribution in [2.75, 3.05) is 0 Å². The van der Waals surface area contributed by atoms with E-state index in [0.29, 0.717) is 54.8 Å². The summed E-state index contributed by atoms with van der Waals surface area (Å²) in [5, 5.41) is 69.4. The molecule has 0 saturated carbocycles. The molecule has 0 unspecified atom stereocenters. The summed E-state index contributed by atoms with van der Waals surface area (Å²) in [6.07, 6.45) is 1.82. The fourth-order valence-electron chi connectivity index (χ4n) is 6.82. The van der Waals surface area contributed by atoms with Crippen LogP contribution in [0.5, 0.6) is 69.0 Å². The van der Waals surface area contributed by atoms with Gasteiger partial charge in [-0.1, -0.05) is 18.2 Å². The number of ether oxygens (including phenoxy) is 8. The van der Waals surface area contributed by atoms with Gasteiger partial charge in [-0.15, -0.1) is 0 Å². The van der Waals surface area contributed by atoms with Crippen molar-refractivity contribution < 1.29 is 116 Å². The summed E-state index contributed by atoms with van der Waals surface area (Å²) in [6.45, 7) is 20.9. The highest BCUT2D eigenvalue weighted by Crippen LogP contribution is 2.42. The van der Waals surface area contributed by atoms with Gasteiger partial charge in [-0.05, 0) is 124 Å². The number of phenolic OH excluding ortho intramolecular Hbond substituents is 4. The van der Waals surface area contributed by atoms with Gasteiger partial charge in [-0.2, -0.15) is 0 Å². The number of rotatable bonds is 22. The van der Waals surface area contributed by atoms with Crippen molar-refractivity contribution in [3.8, 4) is 69.0 Å². The zero-order chi connectivity index (χ0) is 71.0. The maximum Gasteiger partial charge on any atom is 0.314 e. The molecule has 0 aliphatic carbocycles. The van der Waals surface area contributed by atoms with E-state index < -0.39 is 38.4 Å². The molecule has 0 saturated heterocycles. The van der Waals surface area contributed by atoms with Gasteiger partial charge < -0.3 is 58.3 Å². The molecule has 0 atom stereocenters. The number of nitro groups is 3. The molecule has 30 nitrogen and oxygen atoms in total. The first kappa shape index (κ1) is 79.2. The number of hydrogen-bond acceptors (Lipinski definition) is 27. The number of hydrogen-bond donors (Lipinski definition) is 4. The molecule has 6 rings (SSSR count). The van der Waals surface area contributed by atoms with Crippen LogP contribution in [0.3, 0.4) is 0 Å². The first-order valence-electron chi connectivity index (χ1n) is 27.3. The van der Waals surface area contributed by atoms with E-state index in [1.807, 2.05) is 27.7 Å². The van der Waals surface area contributed by atoms with Gasteiger partial charge in [0.2, 0.25) is 17.2 Å². The van der Waals surface area contributed by atoms with E-state index in [9.17, 15) is 83.7 Å². The van der Waals surface area contributed by atoms with Crippen LogP contribution in [0, 0.1) is 30.3 Å². The van der Waals surface area contributed by atoms with E-state index in [2.05, 4.69) is 0 Å². The number of carbonyl (C=O) groups excluding carboxylic acids is 9. The molecule has 0 heterocycles. The molecule has 0 fully saturated rings. The van der Waals surface area contributed by atoms with E-state index in [-0.39, 0.29) is 127 Å². The molecular weight excluding hydrogens is 1230 g/mol. The molecule has 0 aliphatic rings. The number of phenols is 4. The number of nitro benzene ring substituents is 3. The Hall–Kier alpha value is -11.9. The number of aldehydes is 6. The lowest BCUT2D eigenvalue weighted by molar-refractivity contribution is -0.386. The Morgan fingerprint density at radius 1 is 0.344 bits per heavy atom. The van der Waals surface area contributed by atoms with Crippen molar-refractivity contribution in [3.63, 3.8) is 0 Å². The minimum Gasteiger partial charge on any atom is -0.504 e. The molecular formula is C63H69N3O27. The van der Waals surface area contributed by atoms with Crippen molar-refractivity contribution in [3.05, 3.63) is 155 Å². The predicted octanol–water partition coefficient (Wildman–Crippen LogP) is 11.3. The zero-order valence-electron chi connectivity index (χ0n) is 52.5. The molecule has 6 aromatic rings. The molecule has 498 valence electrons. The lowest BCUT2D eigenvalue weighted by atomic mass is 10.1. The second kappa shape index (κ2) is 39.2. The predicted molar refractivity (Wildman–Crippen MR) is 330 cm³/mol. The number of nitrogens with zero attached hydrogens (tertiary/aromatic N) is 3. The van der Waals surface area contributed by atoms with Gasteiger partial charge in [0.1, 0.15) is 0 Å². The smallest absolute Gasteiger partial charge is 0.314 e. The van der Waals surface area contributed by atoms with Crippen LogP contribution >= 0.6 is 0 Å². The monoisotopic (exact) mass is 1300 g/mol. The average molecular weight is 1300 g/mol. The maximum atomic E-state index is 11.0. The van der Waals surface area contributed by atoms with Crippen LogP contribution in [0.2, 0.25) is 0 Å². The zero-order valence-corrected chi connectivity index (χ0v) is 52.5. The van der Waals surface area contributed by atoms with Crippen molar-refractivity contribution >= 4 is 72.7 Å². The number of carbonyl (C=O) groups is 9. The Morgan fingerprint density at radius 3 is 0.968 bits per heavy atom. The van der Waals surface area contributed by atoms with Crippen molar-refractivity contribution in [1.82, 2.24) is 0 Å². The van der Waals surface area contributed by atoms with Crippen molar-refractivity contribution in [1.29, 1.82) is 0 Å². The number of aromatic hydroxyl groups is 4. The highest BCUT2D eigenvalue weighted by molar-refractivity contribution is 5.88. The largest absolute Gasteiger partial charge is 0.504 e. The molecule has 0 amide bonds. The molecule has 6 aromatic carbocycles. The quantitative estimate of drug-likeness (QED) is 0.0122. The molecule has 4 N–H and O–H groups in total. The number of para-hydroxylation sites is 3. The van der Waals surface area contributed by atoms with Gasteiger partial charge in [0, 0.05) is 39.0 Å². The third-order valence-electron chi connectivity index (χ3n) is 10.3. The summed E-state index contributed by atoms with van der Waals surface area (Å²) in [4.78, 5) is 127. The first-order valence-corrected chi connectivity index (χ1v) is 27.3. The SMILES string of the molecule is CC(=O)Oc1c(C=O)ccc([N+](=O)[O-])c1OC(C)C.CC(=O)Oc1c(C=O)ccc([N+](=O)[O-])c1OC(C)C.CC(=O)Oc1c(C=O)cccc1OC(C)C.CC(C)Oc1c([N+](=O)[O-])ccc(C=O)c1O.CC(C)Oc1cccc(C=O)c1O.O=Cc1cccc(O)c1O. The van der Waals surface area contributed by atoms with Crippen LogP contribution in [-0.4, -0.2) is 121 Å². The van der Waals surface area contributed by atoms with Gasteiger partial charge in [0.25, 0.3) is 0 Å². The van der Waals surface area contributed by atoms with Crippen LogP contribution in [0.1, 0.15) is 152 Å². The van der Waals surface area contributed by atoms with Crippen LogP contribution in [-0.2, 0) is 14.4 Å². The highest BCUT2D eigenvalue weighted by atomic mass is 16.6. The normalized spacial score (nSPS) is 10.0. The maximum absolute atomic E-state index is 11.0. The van der Waals surface area contributed by atoms with Gasteiger partial charge in [0.15, 0.2) is 89.5 Å². The number of esters is 3. The fraction of sp³-hybridized carbons (Fsp3) is 0.286. The van der Waals surface area contributed by atoms with E-state index in [1.54, 1.807) is 71.9 Å². The highest BCUT2D eigenvalue weighted by Gasteiger charge is 2.28. The number of benzene rings is 6. The molecule has 0 aromatic heterocycles. The molecule has 0 aliphatic heterocycles. The summed E-state index contributed by atoms with van der Waals surface area (Å²) >= 11 is 0. The van der Waals surface area contributed by atoms with E-state index in [1.165, 1.54) is 49.4 Å². The third-order valence-corrected chi connectivity index (χ3v) is 10.3. The summed E-state index contributed by atoms with van der Waals surface area (Å²) in [6, 6.07) is 20.9. The summed E-state index contributed by atoms with van der Waals surface area (Å²) < 4.78 is 41.2. The Morgan fingerprint density at radius 2 is 0.624 bits per heavy atom. The first-order chi connectivity index (χ1) is 43.6. The Balaban J connectivity index is 0.000000564. The van der Waals surface area contributed by atoms with E-state index >= 15 is 0 Å². The van der Waals surface area contributed by atoms with Gasteiger partial charge in [0.05, 0.1) is 78.7 Å². The summed E-state index contributed by atoms with van der Waals surface area (Å²) in [5.74, 6) is -3.36. The van der Waals surface area contributed by atoms with Crippen LogP contribution in [0.15, 0.2) is 91.0 Å². The molecule has 93 heavy (non-hydrogen) atoms. The van der Waals surface area contributed by atoms with Gasteiger partial charge in [-0.25, -0.2) is 0 Å². The fourth-order valence-corrected chi connectivity index (χ4v) is 6.82. The van der Waals surface area contributed by atoms with Crippen molar-refractivity contribution in [2.45, 2.75) is 121 Å². The molecule has 0 bridgehead atoms. The average Bonchev–Trinajstić information content (AvgIpc) is 1.53. The van der Waals surface area contributed by atoms with Gasteiger partial charge in [-0.3, -0.25) is 73.5 Å². The topological polar surface area (TPSA) is 438 Å². The molecule has 0 radical (unpaired) electrons. The van der Waals surface area contributed by atoms with Gasteiger partial charge >= 0.3 is 35.0 Å². The second-order valence-corrected chi connectivity index (χ2v) is 19.7. The van der Waals surface area contributed by atoms with E-state index in [0.717, 1.165) is 32.0 Å². The Labute approximate surface area is 531 Å². The Kier molecular flexibility index (Phi) is 33.4. The van der Waals surface area contributed by atoms with Crippen LogP contribution in [0.4, 0.5) is 17.1 Å². The minimum atomic E-state index is -0.697. The Bertz CT molecular complexity index is 3540.